The van der Waals surface area contributed by atoms with Crippen LogP contribution in [0.3, 0.4) is 0 Å². The third-order valence-corrected chi connectivity index (χ3v) is 3.93. The van der Waals surface area contributed by atoms with Crippen molar-refractivity contribution in [1.82, 2.24) is 10.2 Å². The Labute approximate surface area is 104 Å². The van der Waals surface area contributed by atoms with Gasteiger partial charge in [-0.15, -0.1) is 0 Å². The van der Waals surface area contributed by atoms with Crippen molar-refractivity contribution in [3.05, 3.63) is 0 Å². The van der Waals surface area contributed by atoms with E-state index in [-0.39, 0.29) is 23.5 Å². The van der Waals surface area contributed by atoms with Crippen molar-refractivity contribution < 1.29 is 9.53 Å². The number of methoxy groups -OCH3 is 1. The zero-order chi connectivity index (χ0) is 12.5. The second kappa shape index (κ2) is 4.94. The predicted octanol–water partition coefficient (Wildman–Crippen LogP) is 1.01. The molecule has 0 aliphatic carbocycles. The largest absolute Gasteiger partial charge is 0.380 e. The molecule has 17 heavy (non-hydrogen) atoms. The first-order chi connectivity index (χ1) is 8.02. The standard InChI is InChI=1S/C13H24N2O2/c1-13(2)5-4-6-15(9-13)12(16)11-7-10(17-3)8-14-11/h10-11,14H,4-9H2,1-3H3. The molecule has 0 aromatic carbocycles. The van der Waals surface area contributed by atoms with Crippen molar-refractivity contribution in [1.29, 1.82) is 0 Å². The highest BCUT2D eigenvalue weighted by atomic mass is 16.5. The van der Waals surface area contributed by atoms with Crippen LogP contribution in [0, 0.1) is 5.41 Å². The van der Waals surface area contributed by atoms with E-state index >= 15 is 0 Å². The van der Waals surface area contributed by atoms with Crippen LogP contribution in [0.15, 0.2) is 0 Å². The molecule has 0 aromatic rings. The number of carbonyl (C=O) groups is 1. The van der Waals surface area contributed by atoms with Gasteiger partial charge in [0.2, 0.25) is 5.91 Å². The quantitative estimate of drug-likeness (QED) is 0.783. The Bertz CT molecular complexity index is 291. The molecular weight excluding hydrogens is 216 g/mol. The number of hydrogen-bond donors (Lipinski definition) is 1. The van der Waals surface area contributed by atoms with Gasteiger partial charge in [-0.2, -0.15) is 0 Å². The number of carbonyl (C=O) groups excluding carboxylic acids is 1. The van der Waals surface area contributed by atoms with Crippen LogP contribution in [0.4, 0.5) is 0 Å². The van der Waals surface area contributed by atoms with Crippen LogP contribution >= 0.6 is 0 Å². The third-order valence-electron chi connectivity index (χ3n) is 3.93. The molecular formula is C13H24N2O2. The smallest absolute Gasteiger partial charge is 0.239 e. The van der Waals surface area contributed by atoms with Gasteiger partial charge in [-0.05, 0) is 24.7 Å². The van der Waals surface area contributed by atoms with E-state index in [9.17, 15) is 4.79 Å². The summed E-state index contributed by atoms with van der Waals surface area (Å²) in [6.45, 7) is 7.09. The van der Waals surface area contributed by atoms with Gasteiger partial charge in [-0.25, -0.2) is 0 Å². The molecule has 2 heterocycles. The van der Waals surface area contributed by atoms with Gasteiger partial charge >= 0.3 is 0 Å². The SMILES string of the molecule is COC1CNC(C(=O)N2CCCC(C)(C)C2)C1. The van der Waals surface area contributed by atoms with Gasteiger partial charge in [0.05, 0.1) is 12.1 Å². The van der Waals surface area contributed by atoms with E-state index in [1.54, 1.807) is 7.11 Å². The van der Waals surface area contributed by atoms with Crippen LogP contribution in [0.25, 0.3) is 0 Å². The lowest BCUT2D eigenvalue weighted by Crippen LogP contribution is -2.49. The molecule has 1 N–H and O–H groups in total. The maximum absolute atomic E-state index is 12.4. The minimum Gasteiger partial charge on any atom is -0.380 e. The zero-order valence-corrected chi connectivity index (χ0v) is 11.2. The number of rotatable bonds is 2. The molecule has 1 amide bonds. The van der Waals surface area contributed by atoms with Crippen molar-refractivity contribution in [2.45, 2.75) is 45.3 Å². The number of hydrogen-bond acceptors (Lipinski definition) is 3. The lowest BCUT2D eigenvalue weighted by Gasteiger charge is -2.39. The van der Waals surface area contributed by atoms with Gasteiger partial charge in [0, 0.05) is 26.7 Å². The van der Waals surface area contributed by atoms with E-state index in [1.165, 1.54) is 6.42 Å². The van der Waals surface area contributed by atoms with Crippen LogP contribution in [-0.2, 0) is 9.53 Å². The molecule has 98 valence electrons. The lowest BCUT2D eigenvalue weighted by molar-refractivity contribution is -0.136. The van der Waals surface area contributed by atoms with Crippen molar-refractivity contribution in [2.75, 3.05) is 26.7 Å². The lowest BCUT2D eigenvalue weighted by atomic mass is 9.84. The van der Waals surface area contributed by atoms with Gasteiger partial charge in [-0.1, -0.05) is 13.8 Å². The fourth-order valence-corrected chi connectivity index (χ4v) is 2.90. The van der Waals surface area contributed by atoms with E-state index in [0.29, 0.717) is 0 Å². The van der Waals surface area contributed by atoms with E-state index < -0.39 is 0 Å². The Morgan fingerprint density at radius 3 is 2.82 bits per heavy atom. The van der Waals surface area contributed by atoms with Crippen molar-refractivity contribution in [2.24, 2.45) is 5.41 Å². The van der Waals surface area contributed by atoms with E-state index in [4.69, 9.17) is 4.74 Å². The molecule has 2 atom stereocenters. The van der Waals surface area contributed by atoms with Crippen LogP contribution < -0.4 is 5.32 Å². The summed E-state index contributed by atoms with van der Waals surface area (Å²) in [6.07, 6.45) is 3.35. The van der Waals surface area contributed by atoms with Crippen molar-refractivity contribution in [3.8, 4) is 0 Å². The fourth-order valence-electron chi connectivity index (χ4n) is 2.90. The van der Waals surface area contributed by atoms with Gasteiger partial charge in [0.25, 0.3) is 0 Å². The first-order valence-corrected chi connectivity index (χ1v) is 6.57. The van der Waals surface area contributed by atoms with Crippen LogP contribution in [0.1, 0.15) is 33.1 Å². The average molecular weight is 240 g/mol. The van der Waals surface area contributed by atoms with E-state index in [1.807, 2.05) is 4.90 Å². The molecule has 2 aliphatic rings. The molecule has 4 nitrogen and oxygen atoms in total. The van der Waals surface area contributed by atoms with Gasteiger partial charge in [-0.3, -0.25) is 4.79 Å². The monoisotopic (exact) mass is 240 g/mol. The molecule has 2 saturated heterocycles. The summed E-state index contributed by atoms with van der Waals surface area (Å²) in [5.74, 6) is 0.261. The zero-order valence-electron chi connectivity index (χ0n) is 11.2. The molecule has 2 aliphatic heterocycles. The predicted molar refractivity (Wildman–Crippen MR) is 66.8 cm³/mol. The highest BCUT2D eigenvalue weighted by Gasteiger charge is 2.35. The summed E-state index contributed by atoms with van der Waals surface area (Å²) in [5.41, 5.74) is 0.271. The number of ether oxygens (including phenoxy) is 1. The highest BCUT2D eigenvalue weighted by Crippen LogP contribution is 2.29. The Hall–Kier alpha value is -0.610. The third kappa shape index (κ3) is 2.99. The number of nitrogens with zero attached hydrogens (tertiary/aromatic N) is 1. The van der Waals surface area contributed by atoms with Gasteiger partial charge in [0.15, 0.2) is 0 Å². The maximum Gasteiger partial charge on any atom is 0.239 e. The molecule has 0 spiro atoms. The summed E-state index contributed by atoms with van der Waals surface area (Å²) in [4.78, 5) is 14.4. The number of amides is 1. The minimum absolute atomic E-state index is 0.0335. The highest BCUT2D eigenvalue weighted by molar-refractivity contribution is 5.82. The average Bonchev–Trinajstić information content (AvgIpc) is 2.75. The van der Waals surface area contributed by atoms with Gasteiger partial charge < -0.3 is 15.0 Å². The first-order valence-electron chi connectivity index (χ1n) is 6.57. The molecule has 2 fully saturated rings. The molecule has 0 radical (unpaired) electrons. The molecule has 2 unspecified atom stereocenters. The molecule has 0 saturated carbocycles. The maximum atomic E-state index is 12.4. The number of piperidine rings is 1. The van der Waals surface area contributed by atoms with Crippen LogP contribution in [-0.4, -0.2) is 49.7 Å². The van der Waals surface area contributed by atoms with Crippen LogP contribution in [0.2, 0.25) is 0 Å². The van der Waals surface area contributed by atoms with Crippen molar-refractivity contribution >= 4 is 5.91 Å². The number of likely N-dealkylation sites (tertiary alicyclic amines) is 1. The van der Waals surface area contributed by atoms with E-state index in [2.05, 4.69) is 19.2 Å². The molecule has 0 aromatic heterocycles. The second-order valence-corrected chi connectivity index (χ2v) is 6.08. The number of nitrogens with one attached hydrogen (secondary N) is 1. The van der Waals surface area contributed by atoms with E-state index in [0.717, 1.165) is 32.5 Å². The Morgan fingerprint density at radius 1 is 1.47 bits per heavy atom. The second-order valence-electron chi connectivity index (χ2n) is 6.08. The van der Waals surface area contributed by atoms with Crippen LogP contribution in [0.5, 0.6) is 0 Å². The topological polar surface area (TPSA) is 41.6 Å². The molecule has 0 bridgehead atoms. The fraction of sp³-hybridized carbons (Fsp3) is 0.923. The summed E-state index contributed by atoms with van der Waals surface area (Å²) < 4.78 is 5.29. The first kappa shape index (κ1) is 12.8. The van der Waals surface area contributed by atoms with Gasteiger partial charge in [0.1, 0.15) is 0 Å². The molecule has 4 heteroatoms. The summed E-state index contributed by atoms with van der Waals surface area (Å²) in [7, 11) is 1.71. The Balaban J connectivity index is 1.92. The summed E-state index contributed by atoms with van der Waals surface area (Å²) >= 11 is 0. The molecule has 2 rings (SSSR count). The summed E-state index contributed by atoms with van der Waals surface area (Å²) in [5, 5.41) is 3.27. The Kier molecular flexibility index (Phi) is 3.73. The normalized spacial score (nSPS) is 32.8. The van der Waals surface area contributed by atoms with Crippen molar-refractivity contribution in [3.63, 3.8) is 0 Å². The summed E-state index contributed by atoms with van der Waals surface area (Å²) in [6, 6.07) is -0.0335. The Morgan fingerprint density at radius 2 is 2.24 bits per heavy atom. The minimum atomic E-state index is -0.0335.